The first-order valence-corrected chi connectivity index (χ1v) is 6.16. The average Bonchev–Trinajstić information content (AvgIpc) is 2.27. The molecule has 19 heavy (non-hydrogen) atoms. The predicted octanol–water partition coefficient (Wildman–Crippen LogP) is -0.809. The SMILES string of the molecule is Cc1[nH]c(=O)[nH]c(=O)c1CCC(=O)NC(C)CCO. The first-order chi connectivity index (χ1) is 8.93. The third kappa shape index (κ3) is 4.70. The number of aromatic amines is 2. The van der Waals surface area contributed by atoms with Gasteiger partial charge in [0.05, 0.1) is 0 Å². The summed E-state index contributed by atoms with van der Waals surface area (Å²) in [4.78, 5) is 38.8. The van der Waals surface area contributed by atoms with Gasteiger partial charge in [-0.3, -0.25) is 14.6 Å². The van der Waals surface area contributed by atoms with Gasteiger partial charge >= 0.3 is 5.69 Å². The van der Waals surface area contributed by atoms with Gasteiger partial charge in [-0.15, -0.1) is 0 Å². The van der Waals surface area contributed by atoms with Gasteiger partial charge in [0.2, 0.25) is 5.91 Å². The topological polar surface area (TPSA) is 115 Å². The van der Waals surface area contributed by atoms with E-state index in [1.54, 1.807) is 13.8 Å². The second-order valence-electron chi connectivity index (χ2n) is 4.49. The molecule has 1 aromatic heterocycles. The first-order valence-electron chi connectivity index (χ1n) is 6.16. The third-order valence-electron chi connectivity index (χ3n) is 2.83. The van der Waals surface area contributed by atoms with Crippen molar-refractivity contribution in [2.24, 2.45) is 0 Å². The van der Waals surface area contributed by atoms with Crippen LogP contribution in [0.2, 0.25) is 0 Å². The Morgan fingerprint density at radius 2 is 2.05 bits per heavy atom. The zero-order valence-electron chi connectivity index (χ0n) is 11.1. The van der Waals surface area contributed by atoms with E-state index in [1.165, 1.54) is 0 Å². The highest BCUT2D eigenvalue weighted by Gasteiger charge is 2.10. The molecule has 1 atom stereocenters. The van der Waals surface area contributed by atoms with E-state index in [2.05, 4.69) is 15.3 Å². The number of aliphatic hydroxyl groups excluding tert-OH is 1. The summed E-state index contributed by atoms with van der Waals surface area (Å²) < 4.78 is 0. The van der Waals surface area contributed by atoms with E-state index in [9.17, 15) is 14.4 Å². The maximum absolute atomic E-state index is 11.6. The van der Waals surface area contributed by atoms with Crippen LogP contribution in [0.25, 0.3) is 0 Å². The van der Waals surface area contributed by atoms with Crippen molar-refractivity contribution in [2.75, 3.05) is 6.61 Å². The van der Waals surface area contributed by atoms with Crippen molar-refractivity contribution in [3.05, 3.63) is 32.1 Å². The van der Waals surface area contributed by atoms with Crippen LogP contribution in [0.3, 0.4) is 0 Å². The number of H-pyrrole nitrogens is 2. The van der Waals surface area contributed by atoms with Gasteiger partial charge in [0, 0.05) is 30.3 Å². The molecule has 1 amide bonds. The van der Waals surface area contributed by atoms with E-state index < -0.39 is 11.2 Å². The van der Waals surface area contributed by atoms with Crippen molar-refractivity contribution in [3.8, 4) is 0 Å². The van der Waals surface area contributed by atoms with Crippen LogP contribution >= 0.6 is 0 Å². The maximum Gasteiger partial charge on any atom is 0.325 e. The summed E-state index contributed by atoms with van der Waals surface area (Å²) in [6.07, 6.45) is 0.908. The van der Waals surface area contributed by atoms with Crippen LogP contribution in [0.5, 0.6) is 0 Å². The second-order valence-corrected chi connectivity index (χ2v) is 4.49. The molecule has 106 valence electrons. The molecule has 0 aliphatic carbocycles. The fourth-order valence-corrected chi connectivity index (χ4v) is 1.78. The highest BCUT2D eigenvalue weighted by atomic mass is 16.3. The Kier molecular flexibility index (Phi) is 5.50. The molecule has 0 saturated carbocycles. The van der Waals surface area contributed by atoms with Gasteiger partial charge in [-0.25, -0.2) is 4.79 Å². The fourth-order valence-electron chi connectivity index (χ4n) is 1.78. The zero-order valence-corrected chi connectivity index (χ0v) is 11.1. The summed E-state index contributed by atoms with van der Waals surface area (Å²) >= 11 is 0. The predicted molar refractivity (Wildman–Crippen MR) is 70.0 cm³/mol. The minimum atomic E-state index is -0.549. The van der Waals surface area contributed by atoms with E-state index in [-0.39, 0.29) is 31.4 Å². The third-order valence-corrected chi connectivity index (χ3v) is 2.83. The summed E-state index contributed by atoms with van der Waals surface area (Å²) in [6, 6.07) is -0.104. The van der Waals surface area contributed by atoms with Crippen LogP contribution < -0.4 is 16.6 Å². The standard InChI is InChI=1S/C12H19N3O4/c1-7(5-6-16)13-10(17)4-3-9-8(2)14-12(19)15-11(9)18/h7,16H,3-6H2,1-2H3,(H,13,17)(H2,14,15,18,19). The van der Waals surface area contributed by atoms with E-state index in [1.807, 2.05) is 0 Å². The van der Waals surface area contributed by atoms with E-state index in [4.69, 9.17) is 5.11 Å². The minimum absolute atomic E-state index is 0.0140. The van der Waals surface area contributed by atoms with Gasteiger partial charge in [0.15, 0.2) is 0 Å². The quantitative estimate of drug-likeness (QED) is 0.540. The first kappa shape index (κ1) is 15.2. The molecule has 1 aromatic rings. The largest absolute Gasteiger partial charge is 0.396 e. The van der Waals surface area contributed by atoms with Crippen molar-refractivity contribution in [1.29, 1.82) is 0 Å². The number of nitrogens with one attached hydrogen (secondary N) is 3. The Bertz CT molecular complexity index is 547. The highest BCUT2D eigenvalue weighted by Crippen LogP contribution is 2.00. The van der Waals surface area contributed by atoms with E-state index in [0.29, 0.717) is 17.7 Å². The number of hydrogen-bond donors (Lipinski definition) is 4. The van der Waals surface area contributed by atoms with Gasteiger partial charge in [0.1, 0.15) is 0 Å². The number of aryl methyl sites for hydroxylation is 1. The van der Waals surface area contributed by atoms with Crippen LogP contribution in [-0.2, 0) is 11.2 Å². The lowest BCUT2D eigenvalue weighted by Crippen LogP contribution is -2.34. The van der Waals surface area contributed by atoms with Crippen LogP contribution in [0.4, 0.5) is 0 Å². The lowest BCUT2D eigenvalue weighted by Gasteiger charge is -2.12. The Balaban J connectivity index is 2.60. The van der Waals surface area contributed by atoms with Crippen LogP contribution in [0, 0.1) is 6.92 Å². The normalized spacial score (nSPS) is 12.2. The Hall–Kier alpha value is -1.89. The smallest absolute Gasteiger partial charge is 0.325 e. The molecule has 0 saturated heterocycles. The van der Waals surface area contributed by atoms with Gasteiger partial charge in [-0.2, -0.15) is 0 Å². The highest BCUT2D eigenvalue weighted by molar-refractivity contribution is 5.76. The Labute approximate surface area is 110 Å². The molecule has 0 spiro atoms. The molecule has 7 heteroatoms. The molecule has 0 aliphatic rings. The lowest BCUT2D eigenvalue weighted by molar-refractivity contribution is -0.121. The number of amides is 1. The van der Waals surface area contributed by atoms with E-state index >= 15 is 0 Å². The average molecular weight is 269 g/mol. The molecule has 7 nitrogen and oxygen atoms in total. The van der Waals surface area contributed by atoms with Gasteiger partial charge in [-0.05, 0) is 26.7 Å². The summed E-state index contributed by atoms with van der Waals surface area (Å²) in [5.41, 5.74) is -0.126. The number of carbonyl (C=O) groups excluding carboxylic acids is 1. The van der Waals surface area contributed by atoms with Gasteiger partial charge in [-0.1, -0.05) is 0 Å². The number of rotatable bonds is 6. The number of carbonyl (C=O) groups is 1. The molecule has 0 radical (unpaired) electrons. The van der Waals surface area contributed by atoms with Crippen molar-refractivity contribution in [1.82, 2.24) is 15.3 Å². The molecule has 1 unspecified atom stereocenters. The van der Waals surface area contributed by atoms with Gasteiger partial charge in [0.25, 0.3) is 5.56 Å². The fraction of sp³-hybridized carbons (Fsp3) is 0.583. The minimum Gasteiger partial charge on any atom is -0.396 e. The van der Waals surface area contributed by atoms with Crippen LogP contribution in [-0.4, -0.2) is 33.6 Å². The molecule has 4 N–H and O–H groups in total. The summed E-state index contributed by atoms with van der Waals surface area (Å²) in [6.45, 7) is 3.44. The molecule has 0 aliphatic heterocycles. The van der Waals surface area contributed by atoms with Gasteiger partial charge < -0.3 is 15.4 Å². The van der Waals surface area contributed by atoms with Crippen molar-refractivity contribution in [2.45, 2.75) is 39.2 Å². The molecular weight excluding hydrogens is 250 g/mol. The molecular formula is C12H19N3O4. The second kappa shape index (κ2) is 6.89. The monoisotopic (exact) mass is 269 g/mol. The summed E-state index contributed by atoms with van der Waals surface area (Å²) in [5.74, 6) is -0.189. The zero-order chi connectivity index (χ0) is 14.4. The number of hydrogen-bond acceptors (Lipinski definition) is 4. The Morgan fingerprint density at radius 1 is 1.37 bits per heavy atom. The van der Waals surface area contributed by atoms with E-state index in [0.717, 1.165) is 0 Å². The Morgan fingerprint density at radius 3 is 2.63 bits per heavy atom. The number of aromatic nitrogens is 2. The molecule has 0 aromatic carbocycles. The van der Waals surface area contributed by atoms with Crippen molar-refractivity contribution < 1.29 is 9.90 Å². The van der Waals surface area contributed by atoms with Crippen molar-refractivity contribution >= 4 is 5.91 Å². The molecule has 0 fully saturated rings. The summed E-state index contributed by atoms with van der Waals surface area (Å²) in [7, 11) is 0. The van der Waals surface area contributed by atoms with Crippen LogP contribution in [0.15, 0.2) is 9.59 Å². The maximum atomic E-state index is 11.6. The summed E-state index contributed by atoms with van der Waals surface area (Å²) in [5, 5.41) is 11.4. The van der Waals surface area contributed by atoms with Crippen LogP contribution in [0.1, 0.15) is 31.0 Å². The lowest BCUT2D eigenvalue weighted by atomic mass is 10.1. The molecule has 0 bridgehead atoms. The van der Waals surface area contributed by atoms with Crippen molar-refractivity contribution in [3.63, 3.8) is 0 Å². The number of aliphatic hydroxyl groups is 1. The molecule has 1 heterocycles. The molecule has 1 rings (SSSR count).